The Morgan fingerprint density at radius 3 is 2.65 bits per heavy atom. The lowest BCUT2D eigenvalue weighted by atomic mass is 10.2. The Morgan fingerprint density at radius 1 is 1.26 bits per heavy atom. The van der Waals surface area contributed by atoms with E-state index >= 15 is 0 Å². The van der Waals surface area contributed by atoms with E-state index in [1.54, 1.807) is 24.5 Å². The molecular formula is C15H18N4O3S. The van der Waals surface area contributed by atoms with Gasteiger partial charge in [0.25, 0.3) is 5.22 Å². The van der Waals surface area contributed by atoms with E-state index in [1.807, 2.05) is 18.7 Å². The number of pyridine rings is 1. The lowest BCUT2D eigenvalue weighted by molar-refractivity contribution is -0.140. The van der Waals surface area contributed by atoms with Crippen LogP contribution in [0.3, 0.4) is 0 Å². The maximum absolute atomic E-state index is 12.3. The third kappa shape index (κ3) is 4.08. The summed E-state index contributed by atoms with van der Waals surface area (Å²) in [7, 11) is 0. The Kier molecular flexibility index (Phi) is 4.92. The zero-order valence-electron chi connectivity index (χ0n) is 13.0. The molecule has 8 heteroatoms. The first-order valence-corrected chi connectivity index (χ1v) is 8.40. The van der Waals surface area contributed by atoms with Crippen molar-refractivity contribution in [3.05, 3.63) is 24.5 Å². The van der Waals surface area contributed by atoms with E-state index in [9.17, 15) is 4.79 Å². The number of hydrogen-bond donors (Lipinski definition) is 0. The van der Waals surface area contributed by atoms with Crippen molar-refractivity contribution in [3.8, 4) is 11.5 Å². The van der Waals surface area contributed by atoms with Gasteiger partial charge in [0.05, 0.1) is 18.0 Å². The molecule has 23 heavy (non-hydrogen) atoms. The Labute approximate surface area is 138 Å². The van der Waals surface area contributed by atoms with Crippen LogP contribution in [0.1, 0.15) is 13.8 Å². The topological polar surface area (TPSA) is 81.4 Å². The van der Waals surface area contributed by atoms with Gasteiger partial charge in [-0.2, -0.15) is 0 Å². The highest BCUT2D eigenvalue weighted by Crippen LogP contribution is 2.23. The van der Waals surface area contributed by atoms with Gasteiger partial charge in [0.2, 0.25) is 11.8 Å². The molecule has 0 radical (unpaired) electrons. The summed E-state index contributed by atoms with van der Waals surface area (Å²) < 4.78 is 11.2. The molecule has 0 N–H and O–H groups in total. The van der Waals surface area contributed by atoms with Crippen LogP contribution < -0.4 is 0 Å². The van der Waals surface area contributed by atoms with Gasteiger partial charge in [-0.25, -0.2) is 0 Å². The van der Waals surface area contributed by atoms with Crippen LogP contribution in [0.4, 0.5) is 0 Å². The highest BCUT2D eigenvalue weighted by Gasteiger charge is 2.26. The van der Waals surface area contributed by atoms with Gasteiger partial charge in [0.15, 0.2) is 0 Å². The quantitative estimate of drug-likeness (QED) is 0.789. The van der Waals surface area contributed by atoms with Crippen molar-refractivity contribution in [2.24, 2.45) is 0 Å². The third-order valence-electron chi connectivity index (χ3n) is 3.43. The van der Waals surface area contributed by atoms with E-state index in [0.717, 1.165) is 5.56 Å². The number of rotatable bonds is 4. The molecule has 2 atom stereocenters. The molecule has 1 aliphatic rings. The molecule has 3 rings (SSSR count). The summed E-state index contributed by atoms with van der Waals surface area (Å²) in [6.07, 6.45) is 3.46. The molecule has 0 aromatic carbocycles. The van der Waals surface area contributed by atoms with Crippen LogP contribution in [0.15, 0.2) is 34.2 Å². The Bertz CT molecular complexity index is 654. The average Bonchev–Trinajstić information content (AvgIpc) is 3.01. The van der Waals surface area contributed by atoms with Crippen molar-refractivity contribution < 1.29 is 13.9 Å². The molecule has 1 aliphatic heterocycles. The van der Waals surface area contributed by atoms with Gasteiger partial charge in [-0.1, -0.05) is 11.8 Å². The van der Waals surface area contributed by atoms with Crippen LogP contribution in [-0.2, 0) is 9.53 Å². The van der Waals surface area contributed by atoms with E-state index in [0.29, 0.717) is 24.2 Å². The molecule has 0 aliphatic carbocycles. The van der Waals surface area contributed by atoms with Gasteiger partial charge in [-0.15, -0.1) is 10.2 Å². The van der Waals surface area contributed by atoms with Gasteiger partial charge in [-0.05, 0) is 26.0 Å². The zero-order chi connectivity index (χ0) is 16.2. The van der Waals surface area contributed by atoms with Crippen molar-refractivity contribution in [1.82, 2.24) is 20.1 Å². The van der Waals surface area contributed by atoms with Gasteiger partial charge >= 0.3 is 0 Å². The van der Waals surface area contributed by atoms with Gasteiger partial charge < -0.3 is 14.1 Å². The van der Waals surface area contributed by atoms with E-state index in [2.05, 4.69) is 15.2 Å². The normalized spacial score (nSPS) is 21.4. The summed E-state index contributed by atoms with van der Waals surface area (Å²) in [6.45, 7) is 5.19. The minimum Gasteiger partial charge on any atom is -0.411 e. The number of hydrogen-bond acceptors (Lipinski definition) is 7. The second-order valence-corrected chi connectivity index (χ2v) is 6.38. The highest BCUT2D eigenvalue weighted by molar-refractivity contribution is 7.99. The van der Waals surface area contributed by atoms with E-state index in [1.165, 1.54) is 11.8 Å². The average molecular weight is 334 g/mol. The number of thioether (sulfide) groups is 1. The lowest BCUT2D eigenvalue weighted by Gasteiger charge is -2.35. The van der Waals surface area contributed by atoms with Crippen LogP contribution in [-0.4, -0.2) is 57.0 Å². The third-order valence-corrected chi connectivity index (χ3v) is 4.23. The number of nitrogens with zero attached hydrogens (tertiary/aromatic N) is 4. The molecule has 122 valence electrons. The summed E-state index contributed by atoms with van der Waals surface area (Å²) in [5.41, 5.74) is 0.807. The van der Waals surface area contributed by atoms with Crippen LogP contribution in [0, 0.1) is 0 Å². The maximum atomic E-state index is 12.3. The summed E-state index contributed by atoms with van der Waals surface area (Å²) >= 11 is 1.25. The summed E-state index contributed by atoms with van der Waals surface area (Å²) in [5.74, 6) is 0.758. The van der Waals surface area contributed by atoms with E-state index in [-0.39, 0.29) is 23.9 Å². The molecule has 0 unspecified atom stereocenters. The summed E-state index contributed by atoms with van der Waals surface area (Å²) in [5, 5.41) is 8.35. The molecule has 0 bridgehead atoms. The van der Waals surface area contributed by atoms with Crippen LogP contribution in [0.2, 0.25) is 0 Å². The largest absolute Gasteiger partial charge is 0.411 e. The Morgan fingerprint density at radius 2 is 1.96 bits per heavy atom. The van der Waals surface area contributed by atoms with Gasteiger partial charge in [0, 0.05) is 31.0 Å². The van der Waals surface area contributed by atoms with E-state index in [4.69, 9.17) is 9.15 Å². The number of amides is 1. The van der Waals surface area contributed by atoms with Crippen LogP contribution in [0.5, 0.6) is 0 Å². The number of carbonyl (C=O) groups excluding carboxylic acids is 1. The van der Waals surface area contributed by atoms with Gasteiger partial charge in [0.1, 0.15) is 0 Å². The number of ether oxygens (including phenoxy) is 1. The number of carbonyl (C=O) groups is 1. The van der Waals surface area contributed by atoms with Crippen LogP contribution in [0.25, 0.3) is 11.5 Å². The monoisotopic (exact) mass is 334 g/mol. The fourth-order valence-corrected chi connectivity index (χ4v) is 3.14. The second kappa shape index (κ2) is 7.10. The Balaban J connectivity index is 1.56. The van der Waals surface area contributed by atoms with Crippen molar-refractivity contribution in [2.75, 3.05) is 18.8 Å². The van der Waals surface area contributed by atoms with Crippen molar-refractivity contribution in [3.63, 3.8) is 0 Å². The van der Waals surface area contributed by atoms with E-state index < -0.39 is 0 Å². The number of aromatic nitrogens is 3. The molecule has 3 heterocycles. The minimum absolute atomic E-state index is 0.0562. The molecule has 1 fully saturated rings. The zero-order valence-corrected chi connectivity index (χ0v) is 13.8. The highest BCUT2D eigenvalue weighted by atomic mass is 32.2. The van der Waals surface area contributed by atoms with Gasteiger partial charge in [-0.3, -0.25) is 9.78 Å². The molecule has 1 saturated heterocycles. The molecule has 7 nitrogen and oxygen atoms in total. The first-order chi connectivity index (χ1) is 11.1. The number of morpholine rings is 1. The Hall–Kier alpha value is -1.93. The summed E-state index contributed by atoms with van der Waals surface area (Å²) in [6, 6.07) is 3.59. The van der Waals surface area contributed by atoms with Crippen molar-refractivity contribution >= 4 is 17.7 Å². The minimum atomic E-state index is 0.0562. The second-order valence-electron chi connectivity index (χ2n) is 5.45. The predicted molar refractivity (Wildman–Crippen MR) is 84.8 cm³/mol. The molecule has 2 aromatic rings. The van der Waals surface area contributed by atoms with Crippen molar-refractivity contribution in [1.29, 1.82) is 0 Å². The fourth-order valence-electron chi connectivity index (χ4n) is 2.48. The molecule has 0 spiro atoms. The maximum Gasteiger partial charge on any atom is 0.277 e. The predicted octanol–water partition coefficient (Wildman–Crippen LogP) is 1.86. The first-order valence-electron chi connectivity index (χ1n) is 7.42. The molecule has 2 aromatic heterocycles. The molecular weight excluding hydrogens is 316 g/mol. The lowest BCUT2D eigenvalue weighted by Crippen LogP contribution is -2.48. The molecule has 0 saturated carbocycles. The van der Waals surface area contributed by atoms with Crippen LogP contribution >= 0.6 is 11.8 Å². The molecule has 1 amide bonds. The first kappa shape index (κ1) is 15.9. The smallest absolute Gasteiger partial charge is 0.277 e. The SMILES string of the molecule is C[C@H]1CN(C(=O)CSc2nnc(-c3ccncc3)o2)C[C@H](C)O1. The summed E-state index contributed by atoms with van der Waals surface area (Å²) in [4.78, 5) is 18.1. The fraction of sp³-hybridized carbons (Fsp3) is 0.467. The van der Waals surface area contributed by atoms with Crippen molar-refractivity contribution in [2.45, 2.75) is 31.3 Å². The standard InChI is InChI=1S/C15H18N4O3S/c1-10-7-19(8-11(2)21-10)13(20)9-23-15-18-17-14(22-15)12-3-5-16-6-4-12/h3-6,10-11H,7-9H2,1-2H3/t10-,11-/m0/s1.